The number of allylic oxidation sites excluding steroid dienone is 5. The van der Waals surface area contributed by atoms with Crippen molar-refractivity contribution < 1.29 is 14.4 Å². The van der Waals surface area contributed by atoms with Crippen LogP contribution in [0.5, 0.6) is 0 Å². The first-order valence-corrected chi connectivity index (χ1v) is 9.73. The highest BCUT2D eigenvalue weighted by molar-refractivity contribution is 6.03. The third kappa shape index (κ3) is 5.44. The summed E-state index contributed by atoms with van der Waals surface area (Å²) in [5.41, 5.74) is 6.77. The number of fused-ring (bicyclic) bond motifs is 1. The van der Waals surface area contributed by atoms with E-state index in [0.717, 1.165) is 35.3 Å². The molecule has 4 nitrogen and oxygen atoms in total. The monoisotopic (exact) mass is 381 g/mol. The molecular formula is C24H31NO3. The van der Waals surface area contributed by atoms with Crippen LogP contribution in [0.1, 0.15) is 64.2 Å². The highest BCUT2D eigenvalue weighted by atomic mass is 16.6. The lowest BCUT2D eigenvalue weighted by molar-refractivity contribution is -0.137. The Kier molecular flexibility index (Phi) is 7.38. The first-order valence-electron chi connectivity index (χ1n) is 9.73. The number of esters is 1. The normalized spacial score (nSPS) is 18.3. The molecule has 0 bridgehead atoms. The quantitative estimate of drug-likeness (QED) is 0.280. The average molecular weight is 382 g/mol. The molecule has 1 aromatic carbocycles. The minimum atomic E-state index is -0.312. The molecule has 0 saturated heterocycles. The maximum Gasteiger partial charge on any atom is 0.330 e. The number of carbonyl (C=O) groups is 1. The zero-order chi connectivity index (χ0) is 20.7. The Morgan fingerprint density at radius 3 is 2.71 bits per heavy atom. The third-order valence-electron chi connectivity index (χ3n) is 5.04. The van der Waals surface area contributed by atoms with Gasteiger partial charge in [0.25, 0.3) is 0 Å². The van der Waals surface area contributed by atoms with Gasteiger partial charge in [-0.2, -0.15) is 0 Å². The summed E-state index contributed by atoms with van der Waals surface area (Å²) in [5, 5.41) is 4.25. The minimum absolute atomic E-state index is 0.132. The van der Waals surface area contributed by atoms with Crippen molar-refractivity contribution in [1.29, 1.82) is 0 Å². The van der Waals surface area contributed by atoms with Crippen LogP contribution in [-0.2, 0) is 19.8 Å². The van der Waals surface area contributed by atoms with Crippen LogP contribution in [0.15, 0.2) is 53.2 Å². The second kappa shape index (κ2) is 9.54. The SMILES string of the molecule is CCOC(=O)/C=C(C)/C=C/C=C(\C)c1ccc2c(c1)/C(=N/OC)CCC2(C)C. The molecule has 1 aliphatic carbocycles. The molecule has 0 fully saturated rings. The van der Waals surface area contributed by atoms with E-state index in [4.69, 9.17) is 9.57 Å². The fraction of sp³-hybridized carbons (Fsp3) is 0.417. The van der Waals surface area contributed by atoms with Gasteiger partial charge in [-0.15, -0.1) is 0 Å². The summed E-state index contributed by atoms with van der Waals surface area (Å²) in [6.07, 6.45) is 9.37. The summed E-state index contributed by atoms with van der Waals surface area (Å²) in [5.74, 6) is -0.312. The molecule has 0 unspecified atom stereocenters. The second-order valence-electron chi connectivity index (χ2n) is 7.71. The number of carbonyl (C=O) groups excluding carboxylic acids is 1. The topological polar surface area (TPSA) is 47.9 Å². The third-order valence-corrected chi connectivity index (χ3v) is 5.04. The summed E-state index contributed by atoms with van der Waals surface area (Å²) in [6.45, 7) is 10.7. The van der Waals surface area contributed by atoms with E-state index in [1.54, 1.807) is 14.0 Å². The molecular weight excluding hydrogens is 350 g/mol. The van der Waals surface area contributed by atoms with Gasteiger partial charge in [-0.05, 0) is 67.4 Å². The minimum Gasteiger partial charge on any atom is -0.463 e. The maximum absolute atomic E-state index is 11.5. The molecule has 1 aliphatic rings. The van der Waals surface area contributed by atoms with Gasteiger partial charge in [-0.1, -0.05) is 49.4 Å². The van der Waals surface area contributed by atoms with Crippen LogP contribution in [0.3, 0.4) is 0 Å². The van der Waals surface area contributed by atoms with E-state index in [9.17, 15) is 4.79 Å². The smallest absolute Gasteiger partial charge is 0.330 e. The molecule has 0 spiro atoms. The number of hydrogen-bond acceptors (Lipinski definition) is 4. The molecule has 0 amide bonds. The van der Waals surface area contributed by atoms with E-state index < -0.39 is 0 Å². The summed E-state index contributed by atoms with van der Waals surface area (Å²) < 4.78 is 4.92. The Bertz CT molecular complexity index is 841. The maximum atomic E-state index is 11.5. The van der Waals surface area contributed by atoms with Crippen LogP contribution >= 0.6 is 0 Å². The van der Waals surface area contributed by atoms with Crippen LogP contribution in [0.2, 0.25) is 0 Å². The van der Waals surface area contributed by atoms with Gasteiger partial charge in [0.15, 0.2) is 0 Å². The van der Waals surface area contributed by atoms with Crippen molar-refractivity contribution in [3.63, 3.8) is 0 Å². The average Bonchev–Trinajstić information content (AvgIpc) is 2.64. The largest absolute Gasteiger partial charge is 0.463 e. The van der Waals surface area contributed by atoms with E-state index in [2.05, 4.69) is 44.1 Å². The van der Waals surface area contributed by atoms with Gasteiger partial charge in [-0.25, -0.2) is 4.79 Å². The van der Waals surface area contributed by atoms with Gasteiger partial charge >= 0.3 is 5.97 Å². The van der Waals surface area contributed by atoms with E-state index in [0.29, 0.717) is 6.61 Å². The Labute approximate surface area is 168 Å². The molecule has 0 atom stereocenters. The predicted octanol–water partition coefficient (Wildman–Crippen LogP) is 5.58. The van der Waals surface area contributed by atoms with Gasteiger partial charge in [0.2, 0.25) is 0 Å². The van der Waals surface area contributed by atoms with E-state index in [-0.39, 0.29) is 11.4 Å². The first-order chi connectivity index (χ1) is 13.3. The molecule has 0 aromatic heterocycles. The number of rotatable bonds is 6. The Morgan fingerprint density at radius 1 is 1.29 bits per heavy atom. The highest BCUT2D eigenvalue weighted by Gasteiger charge is 2.31. The first kappa shape index (κ1) is 21.7. The van der Waals surface area contributed by atoms with Crippen molar-refractivity contribution in [3.8, 4) is 0 Å². The standard InChI is InChI=1S/C24H31NO3/c1-7-28-23(26)15-17(2)9-8-10-18(3)19-11-12-21-20(16-19)22(25-27-6)13-14-24(21,4)5/h8-12,15-16H,7,13-14H2,1-6H3/b9-8+,17-15+,18-10+,25-22+. The van der Waals surface area contributed by atoms with Crippen molar-refractivity contribution in [3.05, 3.63) is 64.8 Å². The van der Waals surface area contributed by atoms with Crippen molar-refractivity contribution >= 4 is 17.3 Å². The fourth-order valence-electron chi connectivity index (χ4n) is 3.38. The molecule has 4 heteroatoms. The van der Waals surface area contributed by atoms with Gasteiger partial charge in [0, 0.05) is 11.6 Å². The number of ether oxygens (including phenoxy) is 1. The molecule has 0 heterocycles. The zero-order valence-corrected chi connectivity index (χ0v) is 17.8. The predicted molar refractivity (Wildman–Crippen MR) is 115 cm³/mol. The molecule has 0 radical (unpaired) electrons. The number of benzene rings is 1. The Hall–Kier alpha value is -2.62. The summed E-state index contributed by atoms with van der Waals surface area (Å²) in [6, 6.07) is 6.58. The lowest BCUT2D eigenvalue weighted by atomic mass is 9.71. The van der Waals surface area contributed by atoms with Crippen LogP contribution in [-0.4, -0.2) is 25.4 Å². The molecule has 28 heavy (non-hydrogen) atoms. The molecule has 0 N–H and O–H groups in total. The number of oxime groups is 1. The van der Waals surface area contributed by atoms with Crippen molar-refractivity contribution in [2.24, 2.45) is 5.16 Å². The lowest BCUT2D eigenvalue weighted by Crippen LogP contribution is -2.27. The van der Waals surface area contributed by atoms with E-state index in [1.807, 2.05) is 25.2 Å². The van der Waals surface area contributed by atoms with Crippen LogP contribution in [0.25, 0.3) is 5.57 Å². The van der Waals surface area contributed by atoms with Crippen molar-refractivity contribution in [2.45, 2.75) is 52.9 Å². The number of nitrogens with zero attached hydrogens (tertiary/aromatic N) is 1. The molecule has 0 aliphatic heterocycles. The number of hydrogen-bond donors (Lipinski definition) is 0. The van der Waals surface area contributed by atoms with Crippen LogP contribution < -0.4 is 0 Å². The molecule has 1 aromatic rings. The van der Waals surface area contributed by atoms with Crippen LogP contribution in [0, 0.1) is 0 Å². The second-order valence-corrected chi connectivity index (χ2v) is 7.71. The van der Waals surface area contributed by atoms with Crippen molar-refractivity contribution in [1.82, 2.24) is 0 Å². The van der Waals surface area contributed by atoms with Gasteiger partial charge in [-0.3, -0.25) is 0 Å². The Balaban J connectivity index is 2.27. The van der Waals surface area contributed by atoms with Crippen LogP contribution in [0.4, 0.5) is 0 Å². The van der Waals surface area contributed by atoms with Gasteiger partial charge < -0.3 is 9.57 Å². The lowest BCUT2D eigenvalue weighted by Gasteiger charge is -2.33. The summed E-state index contributed by atoms with van der Waals surface area (Å²) >= 11 is 0. The summed E-state index contributed by atoms with van der Waals surface area (Å²) in [4.78, 5) is 16.5. The molecule has 2 rings (SSSR count). The summed E-state index contributed by atoms with van der Waals surface area (Å²) in [7, 11) is 1.60. The van der Waals surface area contributed by atoms with Crippen molar-refractivity contribution in [2.75, 3.05) is 13.7 Å². The Morgan fingerprint density at radius 2 is 2.04 bits per heavy atom. The highest BCUT2D eigenvalue weighted by Crippen LogP contribution is 2.38. The van der Waals surface area contributed by atoms with E-state index >= 15 is 0 Å². The van der Waals surface area contributed by atoms with Gasteiger partial charge in [0.05, 0.1) is 12.3 Å². The zero-order valence-electron chi connectivity index (χ0n) is 17.8. The molecule has 0 saturated carbocycles. The van der Waals surface area contributed by atoms with Gasteiger partial charge in [0.1, 0.15) is 7.11 Å². The van der Waals surface area contributed by atoms with E-state index in [1.165, 1.54) is 17.2 Å². The fourth-order valence-corrected chi connectivity index (χ4v) is 3.38. The molecule has 150 valence electrons.